The number of hydrogen-bond donors (Lipinski definition) is 2. The van der Waals surface area contributed by atoms with Crippen molar-refractivity contribution in [3.8, 4) is 0 Å². The molecule has 1 heterocycles. The van der Waals surface area contributed by atoms with Crippen LogP contribution in [0.4, 0.5) is 10.8 Å². The van der Waals surface area contributed by atoms with Crippen molar-refractivity contribution in [2.45, 2.75) is 23.4 Å². The van der Waals surface area contributed by atoms with Gasteiger partial charge < -0.3 is 10.6 Å². The molecule has 0 bridgehead atoms. The van der Waals surface area contributed by atoms with Crippen LogP contribution in [0.5, 0.6) is 0 Å². The lowest BCUT2D eigenvalue weighted by Crippen LogP contribution is -2.18. The summed E-state index contributed by atoms with van der Waals surface area (Å²) < 4.78 is 0.762. The lowest BCUT2D eigenvalue weighted by Gasteiger charge is -2.15. The molecule has 2 N–H and O–H groups in total. The van der Waals surface area contributed by atoms with E-state index in [2.05, 4.69) is 34.7 Å². The maximum Gasteiger partial charge on any atom is 0.242 e. The smallest absolute Gasteiger partial charge is 0.242 e. The minimum Gasteiger partial charge on any atom is -0.360 e. The maximum absolute atomic E-state index is 12.9. The van der Waals surface area contributed by atoms with E-state index >= 15 is 0 Å². The van der Waals surface area contributed by atoms with Gasteiger partial charge in [-0.3, -0.25) is 4.79 Å². The number of para-hydroxylation sites is 1. The summed E-state index contributed by atoms with van der Waals surface area (Å²) >= 11 is 2.89. The summed E-state index contributed by atoms with van der Waals surface area (Å²) in [6.07, 6.45) is 0. The monoisotopic (exact) mass is 398 g/mol. The number of carbonyl (C=O) groups excluding carboxylic acids is 1. The molecule has 0 spiro atoms. The van der Waals surface area contributed by atoms with E-state index in [1.807, 2.05) is 60.7 Å². The molecule has 3 rings (SSSR count). The third-order valence-corrected chi connectivity index (χ3v) is 5.89. The molecule has 0 aliphatic rings. The average molecular weight is 399 g/mol. The largest absolute Gasteiger partial charge is 0.360 e. The summed E-state index contributed by atoms with van der Waals surface area (Å²) in [6.45, 7) is 5.13. The number of anilines is 2. The van der Waals surface area contributed by atoms with Crippen LogP contribution in [0.25, 0.3) is 0 Å². The van der Waals surface area contributed by atoms with Crippen LogP contribution in [0.3, 0.4) is 0 Å². The number of carbonyl (C=O) groups is 1. The highest BCUT2D eigenvalue weighted by Crippen LogP contribution is 2.38. The Morgan fingerprint density at radius 3 is 2.37 bits per heavy atom. The number of aromatic nitrogens is 2. The van der Waals surface area contributed by atoms with E-state index in [0.717, 1.165) is 27.3 Å². The molecular formula is C20H22N4OS2. The number of hydrogen-bond acceptors (Lipinski definition) is 6. The zero-order chi connectivity index (χ0) is 19.1. The van der Waals surface area contributed by atoms with Gasteiger partial charge >= 0.3 is 0 Å². The third kappa shape index (κ3) is 5.80. The second-order valence-electron chi connectivity index (χ2n) is 6.41. The molecule has 2 aromatic carbocycles. The van der Waals surface area contributed by atoms with Gasteiger partial charge in [0.2, 0.25) is 11.0 Å². The van der Waals surface area contributed by atoms with Gasteiger partial charge in [0.05, 0.1) is 0 Å². The van der Waals surface area contributed by atoms with E-state index in [9.17, 15) is 4.79 Å². The van der Waals surface area contributed by atoms with Gasteiger partial charge in [-0.25, -0.2) is 0 Å². The second-order valence-corrected chi connectivity index (χ2v) is 8.74. The quantitative estimate of drug-likeness (QED) is 0.518. The van der Waals surface area contributed by atoms with Crippen LogP contribution in [0.15, 0.2) is 65.0 Å². The lowest BCUT2D eigenvalue weighted by atomic mass is 10.1. The number of nitrogens with zero attached hydrogens (tertiary/aromatic N) is 2. The molecule has 0 aliphatic heterocycles. The molecule has 7 heteroatoms. The van der Waals surface area contributed by atoms with Gasteiger partial charge in [-0.05, 0) is 23.6 Å². The first-order chi connectivity index (χ1) is 13.1. The molecule has 0 saturated heterocycles. The molecule has 140 valence electrons. The number of rotatable bonds is 8. The van der Waals surface area contributed by atoms with Crippen LogP contribution < -0.4 is 10.6 Å². The number of amides is 1. The lowest BCUT2D eigenvalue weighted by molar-refractivity contribution is -0.115. The molecule has 5 nitrogen and oxygen atoms in total. The van der Waals surface area contributed by atoms with Gasteiger partial charge in [0.1, 0.15) is 5.25 Å². The van der Waals surface area contributed by atoms with Crippen molar-refractivity contribution in [1.82, 2.24) is 10.2 Å². The fraction of sp³-hybridized carbons (Fsp3) is 0.250. The van der Waals surface area contributed by atoms with E-state index in [0.29, 0.717) is 5.92 Å². The molecule has 1 aromatic heterocycles. The molecular weight excluding hydrogens is 376 g/mol. The van der Waals surface area contributed by atoms with E-state index in [1.54, 1.807) is 0 Å². The molecule has 1 unspecified atom stereocenters. The summed E-state index contributed by atoms with van der Waals surface area (Å²) in [6, 6.07) is 19.2. The molecule has 1 atom stereocenters. The predicted molar refractivity (Wildman–Crippen MR) is 113 cm³/mol. The Labute approximate surface area is 167 Å². The first-order valence-electron chi connectivity index (χ1n) is 8.76. The van der Waals surface area contributed by atoms with Crippen molar-refractivity contribution < 1.29 is 4.79 Å². The third-order valence-electron chi connectivity index (χ3n) is 3.67. The van der Waals surface area contributed by atoms with Crippen molar-refractivity contribution >= 4 is 39.8 Å². The highest BCUT2D eigenvalue weighted by Gasteiger charge is 2.24. The van der Waals surface area contributed by atoms with Crippen molar-refractivity contribution in [3.05, 3.63) is 66.2 Å². The van der Waals surface area contributed by atoms with Crippen molar-refractivity contribution in [1.29, 1.82) is 0 Å². The molecule has 0 radical (unpaired) electrons. The summed E-state index contributed by atoms with van der Waals surface area (Å²) in [5.41, 5.74) is 1.71. The zero-order valence-corrected chi connectivity index (χ0v) is 16.9. The van der Waals surface area contributed by atoms with E-state index in [-0.39, 0.29) is 5.91 Å². The molecule has 1 amide bonds. The van der Waals surface area contributed by atoms with Crippen LogP contribution in [0.1, 0.15) is 24.7 Å². The number of nitrogens with one attached hydrogen (secondary N) is 2. The molecule has 27 heavy (non-hydrogen) atoms. The van der Waals surface area contributed by atoms with Crippen LogP contribution in [0.2, 0.25) is 0 Å². The maximum atomic E-state index is 12.9. The van der Waals surface area contributed by atoms with Gasteiger partial charge in [0, 0.05) is 12.2 Å². The number of thioether (sulfide) groups is 1. The summed E-state index contributed by atoms with van der Waals surface area (Å²) in [4.78, 5) is 12.9. The van der Waals surface area contributed by atoms with Crippen LogP contribution >= 0.6 is 23.1 Å². The van der Waals surface area contributed by atoms with Gasteiger partial charge in [-0.1, -0.05) is 85.5 Å². The minimum absolute atomic E-state index is 0.0794. The van der Waals surface area contributed by atoms with Gasteiger partial charge in [-0.2, -0.15) is 0 Å². The summed E-state index contributed by atoms with van der Waals surface area (Å²) in [7, 11) is 0. The van der Waals surface area contributed by atoms with E-state index in [1.165, 1.54) is 23.1 Å². The first-order valence-corrected chi connectivity index (χ1v) is 10.5. The summed E-state index contributed by atoms with van der Waals surface area (Å²) in [5, 5.41) is 15.1. The fourth-order valence-electron chi connectivity index (χ4n) is 2.35. The topological polar surface area (TPSA) is 66.9 Å². The zero-order valence-electron chi connectivity index (χ0n) is 15.3. The van der Waals surface area contributed by atoms with E-state index < -0.39 is 5.25 Å². The standard InChI is InChI=1S/C20H22N4OS2/c1-14(2)13-21-19-23-24-20(27-19)26-17(15-9-5-3-6-10-15)18(25)22-16-11-7-4-8-12-16/h3-12,14,17H,13H2,1-2H3,(H,21,23)(H,22,25). The minimum atomic E-state index is -0.405. The highest BCUT2D eigenvalue weighted by molar-refractivity contribution is 8.02. The Morgan fingerprint density at radius 2 is 1.70 bits per heavy atom. The predicted octanol–water partition coefficient (Wildman–Crippen LogP) is 5.08. The number of benzene rings is 2. The van der Waals surface area contributed by atoms with Gasteiger partial charge in [0.25, 0.3) is 0 Å². The van der Waals surface area contributed by atoms with Crippen molar-refractivity contribution in [3.63, 3.8) is 0 Å². The average Bonchev–Trinajstić information content (AvgIpc) is 3.13. The van der Waals surface area contributed by atoms with Crippen LogP contribution in [-0.2, 0) is 4.79 Å². The Bertz CT molecular complexity index is 853. The Kier molecular flexibility index (Phi) is 6.84. The van der Waals surface area contributed by atoms with E-state index in [4.69, 9.17) is 0 Å². The molecule has 0 aliphatic carbocycles. The first kappa shape index (κ1) is 19.4. The summed E-state index contributed by atoms with van der Waals surface area (Å²) in [5.74, 6) is 0.447. The molecule has 0 saturated carbocycles. The van der Waals surface area contributed by atoms with Crippen LogP contribution in [-0.4, -0.2) is 22.6 Å². The van der Waals surface area contributed by atoms with Crippen molar-refractivity contribution in [2.75, 3.05) is 17.2 Å². The SMILES string of the molecule is CC(C)CNc1nnc(SC(C(=O)Nc2ccccc2)c2ccccc2)s1. The van der Waals surface area contributed by atoms with Gasteiger partial charge in [0.15, 0.2) is 4.34 Å². The second kappa shape index (κ2) is 9.53. The van der Waals surface area contributed by atoms with Crippen molar-refractivity contribution in [2.24, 2.45) is 5.92 Å². The fourth-order valence-corrected chi connectivity index (χ4v) is 4.30. The Hall–Kier alpha value is -2.38. The Morgan fingerprint density at radius 1 is 1.04 bits per heavy atom. The highest BCUT2D eigenvalue weighted by atomic mass is 32.2. The molecule has 3 aromatic rings. The van der Waals surface area contributed by atoms with Gasteiger partial charge in [-0.15, -0.1) is 10.2 Å². The van der Waals surface area contributed by atoms with Crippen LogP contribution in [0, 0.1) is 5.92 Å². The molecule has 0 fully saturated rings. The Balaban J connectivity index is 1.75. The normalized spacial score (nSPS) is 12.0.